The van der Waals surface area contributed by atoms with E-state index >= 15 is 0 Å². The first-order chi connectivity index (χ1) is 9.78. The molecule has 0 aliphatic carbocycles. The van der Waals surface area contributed by atoms with Crippen molar-refractivity contribution >= 4 is 0 Å². The van der Waals surface area contributed by atoms with Gasteiger partial charge in [-0.05, 0) is 36.4 Å². The molecule has 1 aromatic carbocycles. The standard InChI is InChI=1S/C15H12FN3O/c1-20-15-4-2-3-14(18-15)19-13(9-10-17-19)11-5-7-12(16)8-6-11/h2-10H,1H3. The smallest absolute Gasteiger partial charge is 0.214 e. The Hall–Kier alpha value is -2.69. The van der Waals surface area contributed by atoms with Crippen LogP contribution >= 0.6 is 0 Å². The Bertz CT molecular complexity index is 722. The van der Waals surface area contributed by atoms with Crippen LogP contribution < -0.4 is 4.74 Å². The monoisotopic (exact) mass is 269 g/mol. The lowest BCUT2D eigenvalue weighted by molar-refractivity contribution is 0.397. The number of benzene rings is 1. The fourth-order valence-electron chi connectivity index (χ4n) is 1.96. The normalized spacial score (nSPS) is 10.5. The molecule has 0 aliphatic rings. The van der Waals surface area contributed by atoms with Crippen LogP contribution in [-0.2, 0) is 0 Å². The summed E-state index contributed by atoms with van der Waals surface area (Å²) in [7, 11) is 1.57. The molecule has 0 radical (unpaired) electrons. The van der Waals surface area contributed by atoms with E-state index < -0.39 is 0 Å². The number of methoxy groups -OCH3 is 1. The molecule has 0 bridgehead atoms. The van der Waals surface area contributed by atoms with Gasteiger partial charge in [-0.1, -0.05) is 6.07 Å². The topological polar surface area (TPSA) is 39.9 Å². The van der Waals surface area contributed by atoms with Gasteiger partial charge in [-0.2, -0.15) is 10.1 Å². The number of hydrogen-bond donors (Lipinski definition) is 0. The summed E-state index contributed by atoms with van der Waals surface area (Å²) in [6.45, 7) is 0. The zero-order chi connectivity index (χ0) is 13.9. The number of rotatable bonds is 3. The van der Waals surface area contributed by atoms with Crippen molar-refractivity contribution in [2.45, 2.75) is 0 Å². The maximum atomic E-state index is 13.0. The minimum atomic E-state index is -0.265. The Balaban J connectivity index is 2.07. The fourth-order valence-corrected chi connectivity index (χ4v) is 1.96. The molecule has 100 valence electrons. The molecule has 0 spiro atoms. The summed E-state index contributed by atoms with van der Waals surface area (Å²) in [6, 6.07) is 13.6. The third-order valence-electron chi connectivity index (χ3n) is 2.92. The number of ether oxygens (including phenoxy) is 1. The molecule has 0 saturated carbocycles. The SMILES string of the molecule is COc1cccc(-n2nccc2-c2ccc(F)cc2)n1. The zero-order valence-corrected chi connectivity index (χ0v) is 10.8. The molecule has 3 rings (SSSR count). The number of halogens is 1. The largest absolute Gasteiger partial charge is 0.481 e. The van der Waals surface area contributed by atoms with Crippen LogP contribution in [0.3, 0.4) is 0 Å². The van der Waals surface area contributed by atoms with Crippen molar-refractivity contribution in [1.82, 2.24) is 14.8 Å². The minimum absolute atomic E-state index is 0.265. The number of aromatic nitrogens is 3. The number of hydrogen-bond acceptors (Lipinski definition) is 3. The van der Waals surface area contributed by atoms with Crippen LogP contribution in [-0.4, -0.2) is 21.9 Å². The number of pyridine rings is 1. The first-order valence-electron chi connectivity index (χ1n) is 6.09. The van der Waals surface area contributed by atoms with Crippen molar-refractivity contribution < 1.29 is 9.13 Å². The lowest BCUT2D eigenvalue weighted by Crippen LogP contribution is -2.02. The van der Waals surface area contributed by atoms with Gasteiger partial charge in [-0.25, -0.2) is 9.07 Å². The predicted molar refractivity (Wildman–Crippen MR) is 73.3 cm³/mol. The third kappa shape index (κ3) is 2.25. The van der Waals surface area contributed by atoms with Crippen LogP contribution in [0.4, 0.5) is 4.39 Å². The molecular formula is C15H12FN3O. The molecule has 0 N–H and O–H groups in total. The molecule has 0 saturated heterocycles. The molecule has 0 amide bonds. The lowest BCUT2D eigenvalue weighted by Gasteiger charge is -2.08. The van der Waals surface area contributed by atoms with Crippen LogP contribution in [0.1, 0.15) is 0 Å². The maximum absolute atomic E-state index is 13.0. The summed E-state index contributed by atoms with van der Waals surface area (Å²) in [5, 5.41) is 4.27. The van der Waals surface area contributed by atoms with Crippen molar-refractivity contribution in [1.29, 1.82) is 0 Å². The minimum Gasteiger partial charge on any atom is -0.481 e. The zero-order valence-electron chi connectivity index (χ0n) is 10.8. The van der Waals surface area contributed by atoms with Crippen LogP contribution in [0.15, 0.2) is 54.7 Å². The highest BCUT2D eigenvalue weighted by molar-refractivity contribution is 5.61. The van der Waals surface area contributed by atoms with Gasteiger partial charge in [0.15, 0.2) is 5.82 Å². The van der Waals surface area contributed by atoms with Gasteiger partial charge in [0.25, 0.3) is 0 Å². The molecule has 0 atom stereocenters. The fraction of sp³-hybridized carbons (Fsp3) is 0.0667. The summed E-state index contributed by atoms with van der Waals surface area (Å²) in [6.07, 6.45) is 1.68. The Kier molecular flexibility index (Phi) is 3.16. The van der Waals surface area contributed by atoms with Crippen molar-refractivity contribution in [3.8, 4) is 23.0 Å². The highest BCUT2D eigenvalue weighted by atomic mass is 19.1. The highest BCUT2D eigenvalue weighted by Gasteiger charge is 2.09. The van der Waals surface area contributed by atoms with Crippen molar-refractivity contribution in [2.24, 2.45) is 0 Å². The summed E-state index contributed by atoms with van der Waals surface area (Å²) in [4.78, 5) is 4.34. The van der Waals surface area contributed by atoms with Gasteiger partial charge in [0.2, 0.25) is 5.88 Å². The quantitative estimate of drug-likeness (QED) is 0.733. The van der Waals surface area contributed by atoms with Crippen molar-refractivity contribution in [2.75, 3.05) is 7.11 Å². The van der Waals surface area contributed by atoms with Gasteiger partial charge in [-0.15, -0.1) is 0 Å². The second-order valence-electron chi connectivity index (χ2n) is 4.17. The first kappa shape index (κ1) is 12.3. The van der Waals surface area contributed by atoms with Crippen molar-refractivity contribution in [3.05, 3.63) is 60.5 Å². The molecule has 4 nitrogen and oxygen atoms in total. The molecule has 2 aromatic heterocycles. The van der Waals surface area contributed by atoms with E-state index in [1.165, 1.54) is 12.1 Å². The van der Waals surface area contributed by atoms with E-state index in [1.54, 1.807) is 36.2 Å². The van der Waals surface area contributed by atoms with E-state index in [-0.39, 0.29) is 5.82 Å². The lowest BCUT2D eigenvalue weighted by atomic mass is 10.1. The Morgan fingerprint density at radius 3 is 2.60 bits per heavy atom. The maximum Gasteiger partial charge on any atom is 0.214 e. The third-order valence-corrected chi connectivity index (χ3v) is 2.92. The van der Waals surface area contributed by atoms with Gasteiger partial charge in [0.1, 0.15) is 5.82 Å². The second kappa shape index (κ2) is 5.13. The predicted octanol–water partition coefficient (Wildman–Crippen LogP) is 3.08. The Morgan fingerprint density at radius 1 is 1.05 bits per heavy atom. The highest BCUT2D eigenvalue weighted by Crippen LogP contribution is 2.22. The van der Waals surface area contributed by atoms with E-state index in [2.05, 4.69) is 10.1 Å². The van der Waals surface area contributed by atoms with Gasteiger partial charge in [0.05, 0.1) is 19.0 Å². The number of nitrogens with zero attached hydrogens (tertiary/aromatic N) is 3. The molecule has 20 heavy (non-hydrogen) atoms. The average Bonchev–Trinajstić information content (AvgIpc) is 2.97. The van der Waals surface area contributed by atoms with Crippen LogP contribution in [0.25, 0.3) is 17.1 Å². The summed E-state index contributed by atoms with van der Waals surface area (Å²) >= 11 is 0. The van der Waals surface area contributed by atoms with Crippen LogP contribution in [0.5, 0.6) is 5.88 Å². The van der Waals surface area contributed by atoms with E-state index in [0.717, 1.165) is 11.3 Å². The molecule has 0 unspecified atom stereocenters. The van der Waals surface area contributed by atoms with Crippen molar-refractivity contribution in [3.63, 3.8) is 0 Å². The summed E-state index contributed by atoms with van der Waals surface area (Å²) in [5.74, 6) is 0.899. The summed E-state index contributed by atoms with van der Waals surface area (Å²) < 4.78 is 19.8. The van der Waals surface area contributed by atoms with E-state index in [9.17, 15) is 4.39 Å². The second-order valence-corrected chi connectivity index (χ2v) is 4.17. The van der Waals surface area contributed by atoms with Gasteiger partial charge in [-0.3, -0.25) is 0 Å². The Morgan fingerprint density at radius 2 is 1.85 bits per heavy atom. The molecule has 5 heteroatoms. The molecule has 0 fully saturated rings. The molecule has 2 heterocycles. The van der Waals surface area contributed by atoms with Gasteiger partial charge < -0.3 is 4.74 Å². The molecule has 0 aliphatic heterocycles. The summed E-state index contributed by atoms with van der Waals surface area (Å²) in [5.41, 5.74) is 1.71. The first-order valence-corrected chi connectivity index (χ1v) is 6.09. The Labute approximate surface area is 115 Å². The average molecular weight is 269 g/mol. The van der Waals surface area contributed by atoms with Gasteiger partial charge in [0, 0.05) is 11.6 Å². The van der Waals surface area contributed by atoms with E-state index in [0.29, 0.717) is 11.7 Å². The molecule has 3 aromatic rings. The van der Waals surface area contributed by atoms with Crippen LogP contribution in [0, 0.1) is 5.82 Å². The van der Waals surface area contributed by atoms with E-state index in [1.807, 2.05) is 18.2 Å². The van der Waals surface area contributed by atoms with Gasteiger partial charge >= 0.3 is 0 Å². The molecular weight excluding hydrogens is 257 g/mol. The van der Waals surface area contributed by atoms with E-state index in [4.69, 9.17) is 4.74 Å². The van der Waals surface area contributed by atoms with Crippen LogP contribution in [0.2, 0.25) is 0 Å².